The van der Waals surface area contributed by atoms with Gasteiger partial charge in [-0.3, -0.25) is 0 Å². The van der Waals surface area contributed by atoms with Crippen molar-refractivity contribution < 1.29 is 13.4 Å². The molecular formula is C20H18FN2O+. The highest BCUT2D eigenvalue weighted by atomic mass is 19.1. The minimum absolute atomic E-state index is 0.342. The van der Waals surface area contributed by atoms with Crippen LogP contribution in [0.15, 0.2) is 40.9 Å². The zero-order valence-corrected chi connectivity index (χ0v) is 14.1. The fourth-order valence-electron chi connectivity index (χ4n) is 3.27. The molecule has 3 aromatic heterocycles. The molecule has 0 amide bonds. The standard InChI is InChI=1S/C20H18FN2O/c1-11-5-8-16(23(4)10-11)17-12(2)6-7-14-15-9-13(3)19(21)22-20(15)24-18(14)17/h5-10H,1-4H3/q+1. The number of fused-ring (bicyclic) bond motifs is 3. The maximum atomic E-state index is 13.8. The summed E-state index contributed by atoms with van der Waals surface area (Å²) in [7, 11) is 2.02. The summed E-state index contributed by atoms with van der Waals surface area (Å²) in [6, 6.07) is 10.1. The summed E-state index contributed by atoms with van der Waals surface area (Å²) >= 11 is 0. The minimum Gasteiger partial charge on any atom is -0.437 e. The molecule has 4 aromatic rings. The van der Waals surface area contributed by atoms with Crippen molar-refractivity contribution in [3.63, 3.8) is 0 Å². The second-order valence-electron chi connectivity index (χ2n) is 6.39. The number of furan rings is 1. The lowest BCUT2D eigenvalue weighted by molar-refractivity contribution is -0.660. The van der Waals surface area contributed by atoms with Crippen molar-refractivity contribution in [2.75, 3.05) is 0 Å². The molecule has 0 radical (unpaired) electrons. The van der Waals surface area contributed by atoms with Gasteiger partial charge in [-0.25, -0.2) is 4.57 Å². The number of aromatic nitrogens is 2. The molecule has 0 aliphatic heterocycles. The van der Waals surface area contributed by atoms with Crippen LogP contribution < -0.4 is 4.57 Å². The molecule has 4 rings (SSSR count). The van der Waals surface area contributed by atoms with Gasteiger partial charge in [0.05, 0.1) is 5.56 Å². The number of halogens is 1. The first-order valence-electron chi connectivity index (χ1n) is 7.91. The van der Waals surface area contributed by atoms with Crippen LogP contribution in [0.5, 0.6) is 0 Å². The van der Waals surface area contributed by atoms with Crippen LogP contribution in [-0.2, 0) is 7.05 Å². The number of rotatable bonds is 1. The topological polar surface area (TPSA) is 29.9 Å². The highest BCUT2D eigenvalue weighted by Crippen LogP contribution is 2.36. The molecule has 1 aromatic carbocycles. The second kappa shape index (κ2) is 5.13. The van der Waals surface area contributed by atoms with Gasteiger partial charge in [-0.1, -0.05) is 12.1 Å². The first-order valence-corrected chi connectivity index (χ1v) is 7.91. The molecule has 0 saturated carbocycles. The van der Waals surface area contributed by atoms with Gasteiger partial charge in [0.2, 0.25) is 17.4 Å². The summed E-state index contributed by atoms with van der Waals surface area (Å²) < 4.78 is 21.9. The zero-order chi connectivity index (χ0) is 17.0. The molecule has 24 heavy (non-hydrogen) atoms. The molecule has 0 saturated heterocycles. The fraction of sp³-hybridized carbons (Fsp3) is 0.200. The zero-order valence-electron chi connectivity index (χ0n) is 14.1. The summed E-state index contributed by atoms with van der Waals surface area (Å²) in [5.41, 5.74) is 5.99. The van der Waals surface area contributed by atoms with E-state index in [1.165, 1.54) is 5.56 Å². The van der Waals surface area contributed by atoms with E-state index in [-0.39, 0.29) is 0 Å². The molecule has 0 atom stereocenters. The number of benzene rings is 1. The molecule has 120 valence electrons. The third-order valence-corrected chi connectivity index (χ3v) is 4.51. The molecular weight excluding hydrogens is 303 g/mol. The van der Waals surface area contributed by atoms with Gasteiger partial charge in [0.1, 0.15) is 7.05 Å². The van der Waals surface area contributed by atoms with Crippen molar-refractivity contribution in [1.29, 1.82) is 0 Å². The Labute approximate surface area is 139 Å². The van der Waals surface area contributed by atoms with E-state index in [1.807, 2.05) is 13.1 Å². The highest BCUT2D eigenvalue weighted by molar-refractivity contribution is 6.08. The van der Waals surface area contributed by atoms with Crippen LogP contribution >= 0.6 is 0 Å². The number of nitrogens with zero attached hydrogens (tertiary/aromatic N) is 2. The maximum Gasteiger partial charge on any atom is 0.230 e. The van der Waals surface area contributed by atoms with Gasteiger partial charge < -0.3 is 4.42 Å². The lowest BCUT2D eigenvalue weighted by Gasteiger charge is -2.05. The molecule has 0 fully saturated rings. The van der Waals surface area contributed by atoms with E-state index in [4.69, 9.17) is 4.42 Å². The smallest absolute Gasteiger partial charge is 0.230 e. The van der Waals surface area contributed by atoms with Crippen LogP contribution in [-0.4, -0.2) is 4.98 Å². The van der Waals surface area contributed by atoms with Crippen LogP contribution in [0.1, 0.15) is 16.7 Å². The first-order chi connectivity index (χ1) is 11.5. The van der Waals surface area contributed by atoms with Crippen LogP contribution in [0, 0.1) is 26.7 Å². The van der Waals surface area contributed by atoms with Crippen molar-refractivity contribution in [2.45, 2.75) is 20.8 Å². The fourth-order valence-corrected chi connectivity index (χ4v) is 3.27. The lowest BCUT2D eigenvalue weighted by atomic mass is 10.0. The predicted octanol–water partition coefficient (Wildman–Crippen LogP) is 4.54. The number of pyridine rings is 2. The predicted molar refractivity (Wildman–Crippen MR) is 92.3 cm³/mol. The molecule has 0 spiro atoms. The maximum absolute atomic E-state index is 13.8. The van der Waals surface area contributed by atoms with Crippen LogP contribution in [0.3, 0.4) is 0 Å². The molecule has 4 heteroatoms. The van der Waals surface area contributed by atoms with Crippen molar-refractivity contribution in [1.82, 2.24) is 4.98 Å². The summed E-state index contributed by atoms with van der Waals surface area (Å²) in [6.45, 7) is 5.84. The molecule has 0 unspecified atom stereocenters. The van der Waals surface area contributed by atoms with Crippen LogP contribution in [0.2, 0.25) is 0 Å². The normalized spacial score (nSPS) is 11.5. The lowest BCUT2D eigenvalue weighted by Crippen LogP contribution is -2.31. The number of hydrogen-bond donors (Lipinski definition) is 0. The van der Waals surface area contributed by atoms with Gasteiger partial charge in [-0.15, -0.1) is 0 Å². The molecule has 0 N–H and O–H groups in total. The average molecular weight is 321 g/mol. The van der Waals surface area contributed by atoms with E-state index in [1.54, 1.807) is 13.0 Å². The molecule has 3 heterocycles. The Hall–Kier alpha value is -2.75. The molecule has 0 bridgehead atoms. The van der Waals surface area contributed by atoms with Crippen LogP contribution in [0.4, 0.5) is 4.39 Å². The van der Waals surface area contributed by atoms with E-state index < -0.39 is 5.95 Å². The van der Waals surface area contributed by atoms with E-state index in [0.29, 0.717) is 11.3 Å². The van der Waals surface area contributed by atoms with Crippen LogP contribution in [0.25, 0.3) is 33.3 Å². The van der Waals surface area contributed by atoms with E-state index in [2.05, 4.69) is 47.8 Å². The Morgan fingerprint density at radius 2 is 1.79 bits per heavy atom. The summed E-state index contributed by atoms with van der Waals surface area (Å²) in [6.07, 6.45) is 2.08. The SMILES string of the molecule is Cc1ccc(-c2c(C)ccc3c2oc2nc(F)c(C)cc23)[n+](C)c1. The number of hydrogen-bond acceptors (Lipinski definition) is 2. The van der Waals surface area contributed by atoms with Gasteiger partial charge >= 0.3 is 0 Å². The van der Waals surface area contributed by atoms with Crippen molar-refractivity contribution in [2.24, 2.45) is 7.05 Å². The van der Waals surface area contributed by atoms with Gasteiger partial charge in [-0.05, 0) is 38.5 Å². The monoisotopic (exact) mass is 321 g/mol. The first kappa shape index (κ1) is 14.8. The molecule has 3 nitrogen and oxygen atoms in total. The Balaban J connectivity index is 2.13. The Bertz CT molecular complexity index is 1110. The minimum atomic E-state index is -0.485. The van der Waals surface area contributed by atoms with E-state index in [0.717, 1.165) is 33.2 Å². The van der Waals surface area contributed by atoms with Crippen molar-refractivity contribution in [3.8, 4) is 11.3 Å². The Morgan fingerprint density at radius 1 is 1.00 bits per heavy atom. The van der Waals surface area contributed by atoms with Crippen molar-refractivity contribution >= 4 is 22.1 Å². The highest BCUT2D eigenvalue weighted by Gasteiger charge is 2.21. The van der Waals surface area contributed by atoms with E-state index >= 15 is 0 Å². The Kier molecular flexibility index (Phi) is 3.17. The van der Waals surface area contributed by atoms with Crippen molar-refractivity contribution in [3.05, 3.63) is 59.2 Å². The number of aryl methyl sites for hydroxylation is 4. The third-order valence-electron chi connectivity index (χ3n) is 4.51. The Morgan fingerprint density at radius 3 is 2.54 bits per heavy atom. The quantitative estimate of drug-likeness (QED) is 0.381. The summed E-state index contributed by atoms with van der Waals surface area (Å²) in [5, 5.41) is 1.81. The van der Waals surface area contributed by atoms with Gasteiger partial charge in [0.25, 0.3) is 0 Å². The third kappa shape index (κ3) is 2.10. The van der Waals surface area contributed by atoms with Gasteiger partial charge in [-0.2, -0.15) is 9.37 Å². The molecule has 0 aliphatic carbocycles. The van der Waals surface area contributed by atoms with Gasteiger partial charge in [0.15, 0.2) is 11.8 Å². The summed E-state index contributed by atoms with van der Waals surface area (Å²) in [5.74, 6) is -0.485. The van der Waals surface area contributed by atoms with Gasteiger partial charge in [0, 0.05) is 28.0 Å². The largest absolute Gasteiger partial charge is 0.437 e. The van der Waals surface area contributed by atoms with E-state index in [9.17, 15) is 4.39 Å². The average Bonchev–Trinajstić information content (AvgIpc) is 2.86. The summed E-state index contributed by atoms with van der Waals surface area (Å²) in [4.78, 5) is 3.97. The second-order valence-corrected chi connectivity index (χ2v) is 6.39. The molecule has 0 aliphatic rings.